The first-order chi connectivity index (χ1) is 11.6. The van der Waals surface area contributed by atoms with Crippen LogP contribution in [0.3, 0.4) is 0 Å². The van der Waals surface area contributed by atoms with Crippen molar-refractivity contribution >= 4 is 23.4 Å². The average molecular weight is 353 g/mol. The zero-order valence-corrected chi connectivity index (χ0v) is 15.6. The monoisotopic (exact) mass is 352 g/mol. The minimum atomic E-state index is -0.203. The van der Waals surface area contributed by atoms with Crippen LogP contribution in [0.4, 0.5) is 0 Å². The number of alkyl halides is 1. The molecule has 0 heterocycles. The maximum absolute atomic E-state index is 12.0. The van der Waals surface area contributed by atoms with Gasteiger partial charge in [0.2, 0.25) is 0 Å². The summed E-state index contributed by atoms with van der Waals surface area (Å²) >= 11 is 5.60. The molecule has 1 rings (SSSR count). The highest BCUT2D eigenvalue weighted by Gasteiger charge is 2.11. The molecule has 0 aliphatic rings. The molecule has 3 nitrogen and oxygen atoms in total. The van der Waals surface area contributed by atoms with Gasteiger partial charge in [0.1, 0.15) is 0 Å². The molecule has 0 amide bonds. The number of ether oxygens (including phenoxy) is 1. The molecule has 1 aromatic rings. The lowest BCUT2D eigenvalue weighted by molar-refractivity contribution is -0.144. The molecule has 0 bridgehead atoms. The van der Waals surface area contributed by atoms with Crippen molar-refractivity contribution in [3.05, 3.63) is 35.4 Å². The van der Waals surface area contributed by atoms with E-state index in [0.29, 0.717) is 36.8 Å². The predicted molar refractivity (Wildman–Crippen MR) is 98.7 cm³/mol. The standard InChI is InChI=1S/C20H29ClO3/c1-3-5-7-16(4-2)15-24-20(23)14-17-9-11-18(12-10-17)19(22)8-6-13-21/h9-12,16H,3-8,13-15H2,1-2H3. The Bertz CT molecular complexity index is 496. The van der Waals surface area contributed by atoms with Crippen LogP contribution in [0.1, 0.15) is 68.3 Å². The number of benzene rings is 1. The number of unbranched alkanes of at least 4 members (excludes halogenated alkanes) is 1. The number of carbonyl (C=O) groups is 2. The van der Waals surface area contributed by atoms with Gasteiger partial charge in [-0.1, -0.05) is 57.4 Å². The number of halogens is 1. The molecule has 0 fully saturated rings. The van der Waals surface area contributed by atoms with Crippen LogP contribution in [0.5, 0.6) is 0 Å². The molecule has 0 saturated heterocycles. The van der Waals surface area contributed by atoms with Crippen LogP contribution in [0, 0.1) is 5.92 Å². The molecule has 134 valence electrons. The van der Waals surface area contributed by atoms with Crippen molar-refractivity contribution in [2.45, 2.75) is 58.8 Å². The third kappa shape index (κ3) is 7.96. The van der Waals surface area contributed by atoms with Crippen molar-refractivity contribution in [1.82, 2.24) is 0 Å². The van der Waals surface area contributed by atoms with Gasteiger partial charge in [-0.3, -0.25) is 9.59 Å². The lowest BCUT2D eigenvalue weighted by atomic mass is 10.0. The number of rotatable bonds is 12. The van der Waals surface area contributed by atoms with Crippen molar-refractivity contribution < 1.29 is 14.3 Å². The second-order valence-electron chi connectivity index (χ2n) is 6.19. The summed E-state index contributed by atoms with van der Waals surface area (Å²) in [4.78, 5) is 23.8. The summed E-state index contributed by atoms with van der Waals surface area (Å²) in [6.45, 7) is 4.81. The van der Waals surface area contributed by atoms with E-state index < -0.39 is 0 Å². The minimum Gasteiger partial charge on any atom is -0.465 e. The molecule has 0 radical (unpaired) electrons. The highest BCUT2D eigenvalue weighted by Crippen LogP contribution is 2.14. The Balaban J connectivity index is 2.42. The van der Waals surface area contributed by atoms with E-state index in [9.17, 15) is 9.59 Å². The van der Waals surface area contributed by atoms with E-state index in [4.69, 9.17) is 16.3 Å². The highest BCUT2D eigenvalue weighted by atomic mass is 35.5. The molecule has 0 saturated carbocycles. The average Bonchev–Trinajstić information content (AvgIpc) is 2.60. The number of Topliss-reactive ketones (excluding diaryl/α,β-unsaturated/α-hetero) is 1. The second kappa shape index (κ2) is 12.1. The smallest absolute Gasteiger partial charge is 0.310 e. The van der Waals surface area contributed by atoms with E-state index in [1.807, 2.05) is 12.1 Å². The quantitative estimate of drug-likeness (QED) is 0.295. The topological polar surface area (TPSA) is 43.4 Å². The molecule has 0 aromatic heterocycles. The van der Waals surface area contributed by atoms with Crippen LogP contribution in [0.25, 0.3) is 0 Å². The van der Waals surface area contributed by atoms with Gasteiger partial charge >= 0.3 is 5.97 Å². The number of esters is 1. The second-order valence-corrected chi connectivity index (χ2v) is 6.57. The Hall–Kier alpha value is -1.35. The van der Waals surface area contributed by atoms with Crippen molar-refractivity contribution in [3.8, 4) is 0 Å². The van der Waals surface area contributed by atoms with Gasteiger partial charge in [0.15, 0.2) is 5.78 Å². The molecular weight excluding hydrogens is 324 g/mol. The maximum atomic E-state index is 12.0. The molecule has 4 heteroatoms. The molecule has 1 unspecified atom stereocenters. The Kier molecular flexibility index (Phi) is 10.4. The fourth-order valence-corrected chi connectivity index (χ4v) is 2.64. The van der Waals surface area contributed by atoms with Gasteiger partial charge in [0, 0.05) is 17.9 Å². The summed E-state index contributed by atoms with van der Waals surface area (Å²) in [5.74, 6) is 0.834. The summed E-state index contributed by atoms with van der Waals surface area (Å²) in [6, 6.07) is 7.19. The van der Waals surface area contributed by atoms with Crippen molar-refractivity contribution in [3.63, 3.8) is 0 Å². The number of hydrogen-bond donors (Lipinski definition) is 0. The Morgan fingerprint density at radius 2 is 1.83 bits per heavy atom. The summed E-state index contributed by atoms with van der Waals surface area (Å²) in [5.41, 5.74) is 1.54. The third-order valence-corrected chi connectivity index (χ3v) is 4.45. The lowest BCUT2D eigenvalue weighted by Crippen LogP contribution is -2.15. The van der Waals surface area contributed by atoms with E-state index in [2.05, 4.69) is 13.8 Å². The fraction of sp³-hybridized carbons (Fsp3) is 0.600. The van der Waals surface area contributed by atoms with Gasteiger partial charge in [-0.2, -0.15) is 0 Å². The van der Waals surface area contributed by atoms with Gasteiger partial charge in [0.05, 0.1) is 13.0 Å². The van der Waals surface area contributed by atoms with Crippen LogP contribution >= 0.6 is 11.6 Å². The van der Waals surface area contributed by atoms with Gasteiger partial charge in [-0.25, -0.2) is 0 Å². The molecular formula is C20H29ClO3. The highest BCUT2D eigenvalue weighted by molar-refractivity contribution is 6.18. The fourth-order valence-electron chi connectivity index (χ4n) is 2.51. The van der Waals surface area contributed by atoms with E-state index in [1.165, 1.54) is 12.8 Å². The number of carbonyl (C=O) groups excluding carboxylic acids is 2. The SMILES string of the molecule is CCCCC(CC)COC(=O)Cc1ccc(C(=O)CCCCl)cc1. The van der Waals surface area contributed by atoms with E-state index in [1.54, 1.807) is 12.1 Å². The Morgan fingerprint density at radius 3 is 2.42 bits per heavy atom. The third-order valence-electron chi connectivity index (χ3n) is 4.19. The largest absolute Gasteiger partial charge is 0.465 e. The molecule has 1 atom stereocenters. The number of ketones is 1. The molecule has 0 aliphatic heterocycles. The Morgan fingerprint density at radius 1 is 1.12 bits per heavy atom. The van der Waals surface area contributed by atoms with Gasteiger partial charge < -0.3 is 4.74 Å². The summed E-state index contributed by atoms with van der Waals surface area (Å²) < 4.78 is 5.41. The van der Waals surface area contributed by atoms with E-state index >= 15 is 0 Å². The molecule has 0 N–H and O–H groups in total. The van der Waals surface area contributed by atoms with E-state index in [-0.39, 0.29) is 18.2 Å². The maximum Gasteiger partial charge on any atom is 0.310 e. The molecule has 0 aliphatic carbocycles. The van der Waals surface area contributed by atoms with Gasteiger partial charge in [-0.05, 0) is 24.3 Å². The van der Waals surface area contributed by atoms with Crippen molar-refractivity contribution in [2.75, 3.05) is 12.5 Å². The zero-order valence-electron chi connectivity index (χ0n) is 14.9. The van der Waals surface area contributed by atoms with Crippen molar-refractivity contribution in [2.24, 2.45) is 5.92 Å². The predicted octanol–water partition coefficient (Wildman–Crippen LogP) is 5.19. The molecule has 1 aromatic carbocycles. The Labute approximate surface area is 150 Å². The molecule has 24 heavy (non-hydrogen) atoms. The first-order valence-electron chi connectivity index (χ1n) is 8.94. The lowest BCUT2D eigenvalue weighted by Gasteiger charge is -2.14. The van der Waals surface area contributed by atoms with Gasteiger partial charge in [-0.15, -0.1) is 11.6 Å². The van der Waals surface area contributed by atoms with Crippen molar-refractivity contribution in [1.29, 1.82) is 0 Å². The van der Waals surface area contributed by atoms with E-state index in [0.717, 1.165) is 18.4 Å². The van der Waals surface area contributed by atoms with Crippen LogP contribution in [-0.4, -0.2) is 24.2 Å². The van der Waals surface area contributed by atoms with Crippen LogP contribution in [0.2, 0.25) is 0 Å². The minimum absolute atomic E-state index is 0.0893. The van der Waals surface area contributed by atoms with Crippen LogP contribution in [0.15, 0.2) is 24.3 Å². The van der Waals surface area contributed by atoms with Crippen LogP contribution in [-0.2, 0) is 16.0 Å². The summed E-state index contributed by atoms with van der Waals surface area (Å²) in [7, 11) is 0. The van der Waals surface area contributed by atoms with Crippen LogP contribution < -0.4 is 0 Å². The first-order valence-corrected chi connectivity index (χ1v) is 9.47. The normalized spacial score (nSPS) is 12.0. The van der Waals surface area contributed by atoms with Gasteiger partial charge in [0.25, 0.3) is 0 Å². The molecule has 0 spiro atoms. The zero-order chi connectivity index (χ0) is 17.8. The summed E-state index contributed by atoms with van der Waals surface area (Å²) in [5, 5.41) is 0. The first kappa shape index (κ1) is 20.7. The number of hydrogen-bond acceptors (Lipinski definition) is 3. The summed E-state index contributed by atoms with van der Waals surface area (Å²) in [6.07, 6.45) is 5.88.